The van der Waals surface area contributed by atoms with Crippen LogP contribution in [-0.4, -0.2) is 28.6 Å². The Bertz CT molecular complexity index is 626. The second kappa shape index (κ2) is 6.33. The van der Waals surface area contributed by atoms with E-state index in [1.54, 1.807) is 16.8 Å². The molecular formula is C13H15N3O3S. The zero-order chi connectivity index (χ0) is 14.5. The van der Waals surface area contributed by atoms with Crippen molar-refractivity contribution < 1.29 is 14.7 Å². The molecule has 1 atom stereocenters. The van der Waals surface area contributed by atoms with Gasteiger partial charge in [0.1, 0.15) is 0 Å². The number of thiazole rings is 1. The summed E-state index contributed by atoms with van der Waals surface area (Å²) in [6.45, 7) is 1.99. The first-order valence-corrected chi connectivity index (χ1v) is 7.03. The van der Waals surface area contributed by atoms with E-state index >= 15 is 0 Å². The highest BCUT2D eigenvalue weighted by Gasteiger charge is 2.10. The van der Waals surface area contributed by atoms with E-state index in [1.165, 1.54) is 0 Å². The average molecular weight is 293 g/mol. The number of carboxylic acid groups (broad SMARTS) is 1. The summed E-state index contributed by atoms with van der Waals surface area (Å²) in [6, 6.07) is 5.30. The highest BCUT2D eigenvalue weighted by molar-refractivity contribution is 7.16. The maximum atomic E-state index is 11.6. The quantitative estimate of drug-likeness (QED) is 0.787. The fourth-order valence-corrected chi connectivity index (χ4v) is 2.48. The molecule has 0 fully saturated rings. The van der Waals surface area contributed by atoms with Crippen molar-refractivity contribution in [2.45, 2.75) is 19.4 Å². The number of aliphatic carboxylic acids is 1. The monoisotopic (exact) mass is 293 g/mol. The Morgan fingerprint density at radius 3 is 3.00 bits per heavy atom. The first-order valence-electron chi connectivity index (χ1n) is 6.15. The van der Waals surface area contributed by atoms with Gasteiger partial charge in [0.15, 0.2) is 0 Å². The van der Waals surface area contributed by atoms with Crippen LogP contribution in [0.25, 0.3) is 10.2 Å². The Balaban J connectivity index is 1.91. The molecule has 0 aliphatic heterocycles. The van der Waals surface area contributed by atoms with Crippen LogP contribution in [0.1, 0.15) is 24.9 Å². The molecule has 0 spiro atoms. The van der Waals surface area contributed by atoms with Crippen LogP contribution in [0.2, 0.25) is 0 Å². The van der Waals surface area contributed by atoms with Gasteiger partial charge in [-0.2, -0.15) is 0 Å². The predicted molar refractivity (Wildman–Crippen MR) is 76.8 cm³/mol. The van der Waals surface area contributed by atoms with Gasteiger partial charge in [-0.15, -0.1) is 11.3 Å². The highest BCUT2D eigenvalue weighted by atomic mass is 32.1. The lowest BCUT2D eigenvalue weighted by molar-refractivity contribution is -0.136. The van der Waals surface area contributed by atoms with Crippen molar-refractivity contribution in [3.8, 4) is 0 Å². The predicted octanol–water partition coefficient (Wildman–Crippen LogP) is 2.13. The van der Waals surface area contributed by atoms with Crippen LogP contribution >= 0.6 is 11.3 Å². The standard InChI is InChI=1S/C13H15N3O3S/c1-8(16-13(19)14-5-4-12(17)18)9-2-3-10-11(6-9)20-7-15-10/h2-3,6-8H,4-5H2,1H3,(H,17,18)(H2,14,16,19). The van der Waals surface area contributed by atoms with Crippen molar-refractivity contribution in [2.75, 3.05) is 6.54 Å². The van der Waals surface area contributed by atoms with Gasteiger partial charge in [-0.25, -0.2) is 9.78 Å². The summed E-state index contributed by atoms with van der Waals surface area (Å²) < 4.78 is 1.07. The van der Waals surface area contributed by atoms with Crippen molar-refractivity contribution >= 4 is 33.6 Å². The molecular weight excluding hydrogens is 278 g/mol. The third kappa shape index (κ3) is 3.67. The largest absolute Gasteiger partial charge is 0.481 e. The number of hydrogen-bond donors (Lipinski definition) is 3. The Hall–Kier alpha value is -2.15. The number of carbonyl (C=O) groups excluding carboxylic acids is 1. The van der Waals surface area contributed by atoms with Gasteiger partial charge in [0.2, 0.25) is 0 Å². The summed E-state index contributed by atoms with van der Waals surface area (Å²) in [5, 5.41) is 13.8. The Kier molecular flexibility index (Phi) is 4.52. The molecule has 1 unspecified atom stereocenters. The van der Waals surface area contributed by atoms with E-state index in [-0.39, 0.29) is 25.0 Å². The summed E-state index contributed by atoms with van der Waals surface area (Å²) in [6.07, 6.45) is -0.0887. The lowest BCUT2D eigenvalue weighted by atomic mass is 10.1. The van der Waals surface area contributed by atoms with Gasteiger partial charge in [0.05, 0.1) is 28.2 Å². The maximum absolute atomic E-state index is 11.6. The zero-order valence-electron chi connectivity index (χ0n) is 10.9. The molecule has 2 amide bonds. The molecule has 0 saturated carbocycles. The molecule has 2 aromatic rings. The summed E-state index contributed by atoms with van der Waals surface area (Å²) in [4.78, 5) is 26.1. The van der Waals surface area contributed by atoms with Gasteiger partial charge in [-0.05, 0) is 24.6 Å². The van der Waals surface area contributed by atoms with Gasteiger partial charge in [-0.3, -0.25) is 4.79 Å². The van der Waals surface area contributed by atoms with E-state index in [4.69, 9.17) is 5.11 Å². The number of nitrogens with zero attached hydrogens (tertiary/aromatic N) is 1. The van der Waals surface area contributed by atoms with Crippen LogP contribution in [0, 0.1) is 0 Å². The minimum atomic E-state index is -0.936. The molecule has 2 rings (SSSR count). The van der Waals surface area contributed by atoms with Crippen LogP contribution in [0.3, 0.4) is 0 Å². The molecule has 106 valence electrons. The SMILES string of the molecule is CC(NC(=O)NCCC(=O)O)c1ccc2ncsc2c1. The van der Waals surface area contributed by atoms with Gasteiger partial charge in [-0.1, -0.05) is 6.07 Å². The number of rotatable bonds is 5. The number of urea groups is 1. The van der Waals surface area contributed by atoms with Crippen molar-refractivity contribution in [1.82, 2.24) is 15.6 Å². The van der Waals surface area contributed by atoms with Crippen molar-refractivity contribution in [3.05, 3.63) is 29.3 Å². The van der Waals surface area contributed by atoms with Gasteiger partial charge < -0.3 is 15.7 Å². The topological polar surface area (TPSA) is 91.3 Å². The number of fused-ring (bicyclic) bond motifs is 1. The molecule has 0 saturated heterocycles. The smallest absolute Gasteiger partial charge is 0.315 e. The molecule has 1 heterocycles. The number of carboxylic acids is 1. The minimum absolute atomic E-state index is 0.0887. The number of carbonyl (C=O) groups is 2. The molecule has 7 heteroatoms. The Labute approximate surface area is 119 Å². The van der Waals surface area contributed by atoms with E-state index in [0.717, 1.165) is 15.8 Å². The summed E-state index contributed by atoms with van der Waals surface area (Å²) in [5.74, 6) is -0.936. The zero-order valence-corrected chi connectivity index (χ0v) is 11.7. The lowest BCUT2D eigenvalue weighted by Crippen LogP contribution is -2.38. The first kappa shape index (κ1) is 14.3. The average Bonchev–Trinajstić information content (AvgIpc) is 2.85. The summed E-state index contributed by atoms with van der Waals surface area (Å²) in [7, 11) is 0. The molecule has 3 N–H and O–H groups in total. The number of nitrogens with one attached hydrogen (secondary N) is 2. The van der Waals surface area contributed by atoms with Crippen molar-refractivity contribution in [3.63, 3.8) is 0 Å². The molecule has 0 aliphatic carbocycles. The number of hydrogen-bond acceptors (Lipinski definition) is 4. The second-order valence-corrected chi connectivity index (χ2v) is 5.23. The van der Waals surface area contributed by atoms with Crippen LogP contribution < -0.4 is 10.6 Å². The first-order chi connectivity index (χ1) is 9.56. The third-order valence-electron chi connectivity index (χ3n) is 2.83. The fraction of sp³-hybridized carbons (Fsp3) is 0.308. The maximum Gasteiger partial charge on any atom is 0.315 e. The molecule has 20 heavy (non-hydrogen) atoms. The van der Waals surface area contributed by atoms with E-state index in [1.807, 2.05) is 25.1 Å². The van der Waals surface area contributed by atoms with E-state index in [0.29, 0.717) is 0 Å². The van der Waals surface area contributed by atoms with Crippen LogP contribution in [-0.2, 0) is 4.79 Å². The van der Waals surface area contributed by atoms with Gasteiger partial charge in [0, 0.05) is 6.54 Å². The van der Waals surface area contributed by atoms with Crippen LogP contribution in [0.5, 0.6) is 0 Å². The van der Waals surface area contributed by atoms with E-state index < -0.39 is 5.97 Å². The highest BCUT2D eigenvalue weighted by Crippen LogP contribution is 2.22. The van der Waals surface area contributed by atoms with Crippen LogP contribution in [0.15, 0.2) is 23.7 Å². The molecule has 6 nitrogen and oxygen atoms in total. The van der Waals surface area contributed by atoms with Crippen LogP contribution in [0.4, 0.5) is 4.79 Å². The normalized spacial score (nSPS) is 12.1. The summed E-state index contributed by atoms with van der Waals surface area (Å²) in [5.41, 5.74) is 3.71. The molecule has 0 bridgehead atoms. The Morgan fingerprint density at radius 1 is 1.45 bits per heavy atom. The minimum Gasteiger partial charge on any atom is -0.481 e. The van der Waals surface area contributed by atoms with Crippen molar-refractivity contribution in [2.24, 2.45) is 0 Å². The van der Waals surface area contributed by atoms with Gasteiger partial charge >= 0.3 is 12.0 Å². The Morgan fingerprint density at radius 2 is 2.25 bits per heavy atom. The summed E-state index contributed by atoms with van der Waals surface area (Å²) >= 11 is 1.55. The molecule has 0 radical (unpaired) electrons. The van der Waals surface area contributed by atoms with Gasteiger partial charge in [0.25, 0.3) is 0 Å². The molecule has 1 aromatic carbocycles. The molecule has 0 aliphatic rings. The van der Waals surface area contributed by atoms with Crippen molar-refractivity contribution in [1.29, 1.82) is 0 Å². The number of benzene rings is 1. The lowest BCUT2D eigenvalue weighted by Gasteiger charge is -2.14. The van der Waals surface area contributed by atoms with E-state index in [2.05, 4.69) is 15.6 Å². The third-order valence-corrected chi connectivity index (χ3v) is 3.62. The second-order valence-electron chi connectivity index (χ2n) is 4.35. The molecule has 1 aromatic heterocycles. The van der Waals surface area contributed by atoms with E-state index in [9.17, 15) is 9.59 Å². The number of aromatic nitrogens is 1. The fourth-order valence-electron chi connectivity index (χ4n) is 1.75. The number of amides is 2.